The van der Waals surface area contributed by atoms with Crippen molar-refractivity contribution >= 4 is 21.6 Å². The number of hydrogen-bond donors (Lipinski definition) is 0. The van der Waals surface area contributed by atoms with Gasteiger partial charge in [-0.15, -0.1) is 10.2 Å². The Labute approximate surface area is 198 Å². The number of amides is 2. The van der Waals surface area contributed by atoms with Gasteiger partial charge in [-0.05, 0) is 42.3 Å². The summed E-state index contributed by atoms with van der Waals surface area (Å²) in [5.41, 5.74) is 1.45. The summed E-state index contributed by atoms with van der Waals surface area (Å²) in [7, 11) is -3.23. The van der Waals surface area contributed by atoms with Gasteiger partial charge in [0, 0.05) is 18.7 Å². The molecular formula is C22H20F4N4O4S. The minimum absolute atomic E-state index is 0.0111. The summed E-state index contributed by atoms with van der Waals surface area (Å²) in [6.45, 7) is 1.61. The van der Waals surface area contributed by atoms with Gasteiger partial charge in [0.1, 0.15) is 5.82 Å². The van der Waals surface area contributed by atoms with Gasteiger partial charge in [-0.2, -0.15) is 13.2 Å². The number of hydrogen-bond acceptors (Lipinski definition) is 6. The van der Waals surface area contributed by atoms with Crippen LogP contribution in [0.1, 0.15) is 17.0 Å². The molecule has 2 aromatic carbocycles. The van der Waals surface area contributed by atoms with Gasteiger partial charge < -0.3 is 9.32 Å². The van der Waals surface area contributed by atoms with Gasteiger partial charge in [0.25, 0.3) is 0 Å². The second kappa shape index (κ2) is 9.29. The molecule has 13 heteroatoms. The lowest BCUT2D eigenvalue weighted by Gasteiger charge is -2.33. The summed E-state index contributed by atoms with van der Waals surface area (Å²) in [6.07, 6.45) is -4.77. The average Bonchev–Trinajstić information content (AvgIpc) is 3.29. The number of nitrogens with zero attached hydrogens (tertiary/aromatic N) is 4. The Morgan fingerprint density at radius 2 is 1.74 bits per heavy atom. The Bertz CT molecular complexity index is 1330. The number of anilines is 1. The predicted octanol–water partition coefficient (Wildman–Crippen LogP) is 4.06. The van der Waals surface area contributed by atoms with Crippen molar-refractivity contribution in [2.24, 2.45) is 0 Å². The molecule has 35 heavy (non-hydrogen) atoms. The largest absolute Gasteiger partial charge is 0.470 e. The van der Waals surface area contributed by atoms with Gasteiger partial charge in [-0.25, -0.2) is 17.6 Å². The number of benzene rings is 2. The Kier molecular flexibility index (Phi) is 6.54. The van der Waals surface area contributed by atoms with Crippen LogP contribution in [0.2, 0.25) is 0 Å². The van der Waals surface area contributed by atoms with Gasteiger partial charge in [0.15, 0.2) is 9.84 Å². The van der Waals surface area contributed by atoms with Crippen LogP contribution < -0.4 is 4.90 Å². The van der Waals surface area contributed by atoms with E-state index in [-0.39, 0.29) is 48.3 Å². The molecule has 0 N–H and O–H groups in total. The fourth-order valence-corrected chi connectivity index (χ4v) is 4.75. The third-order valence-corrected chi connectivity index (χ3v) is 7.06. The first-order valence-corrected chi connectivity index (χ1v) is 12.3. The molecule has 0 saturated carbocycles. The number of carbonyl (C=O) groups excluding carboxylic acids is 1. The standard InChI is InChI=1S/C22H20F4N4O4S/c1-14-2-7-18(17(23)12-14)30(21(31)29-8-10-35(32,33)11-9-29)13-15-3-5-16(6-4-15)19-27-28-20(34-19)22(24,25)26/h2-7,12H,8-11,13H2,1H3. The Morgan fingerprint density at radius 1 is 1.09 bits per heavy atom. The maximum absolute atomic E-state index is 14.8. The van der Waals surface area contributed by atoms with Crippen molar-refractivity contribution in [3.63, 3.8) is 0 Å². The SMILES string of the molecule is Cc1ccc(N(Cc2ccc(-c3nnc(C(F)(F)F)o3)cc2)C(=O)N2CCS(=O)(=O)CC2)c(F)c1. The molecule has 0 spiro atoms. The van der Waals surface area contributed by atoms with Crippen molar-refractivity contribution in [3.8, 4) is 11.5 Å². The molecule has 1 aliphatic heterocycles. The summed E-state index contributed by atoms with van der Waals surface area (Å²) < 4.78 is 81.1. The molecule has 4 rings (SSSR count). The summed E-state index contributed by atoms with van der Waals surface area (Å²) in [5.74, 6) is -2.77. The van der Waals surface area contributed by atoms with E-state index in [2.05, 4.69) is 14.6 Å². The van der Waals surface area contributed by atoms with Crippen molar-refractivity contribution in [2.45, 2.75) is 19.6 Å². The lowest BCUT2D eigenvalue weighted by atomic mass is 10.1. The number of halogens is 4. The molecule has 3 aromatic rings. The van der Waals surface area contributed by atoms with Crippen LogP contribution in [0.5, 0.6) is 0 Å². The number of carbonyl (C=O) groups is 1. The predicted molar refractivity (Wildman–Crippen MR) is 118 cm³/mol. The van der Waals surface area contributed by atoms with Crippen LogP contribution >= 0.6 is 0 Å². The van der Waals surface area contributed by atoms with Gasteiger partial charge in [-0.3, -0.25) is 4.90 Å². The van der Waals surface area contributed by atoms with Crippen LogP contribution in [0.15, 0.2) is 46.9 Å². The first-order chi connectivity index (χ1) is 16.4. The normalized spacial score (nSPS) is 15.7. The second-order valence-corrected chi connectivity index (χ2v) is 10.4. The molecule has 2 heterocycles. The Balaban J connectivity index is 1.59. The molecule has 2 amide bonds. The Morgan fingerprint density at radius 3 is 2.31 bits per heavy atom. The molecule has 8 nitrogen and oxygen atoms in total. The van der Waals surface area contributed by atoms with Crippen molar-refractivity contribution < 1.29 is 35.2 Å². The summed E-state index contributed by atoms with van der Waals surface area (Å²) in [6, 6.07) is 9.83. The van der Waals surface area contributed by atoms with E-state index in [1.807, 2.05) is 0 Å². The molecule has 1 fully saturated rings. The molecule has 186 valence electrons. The zero-order chi connectivity index (χ0) is 25.4. The van der Waals surface area contributed by atoms with Crippen LogP contribution in [0.4, 0.5) is 28.0 Å². The van der Waals surface area contributed by atoms with Gasteiger partial charge in [-0.1, -0.05) is 18.2 Å². The first kappa shape index (κ1) is 24.6. The van der Waals surface area contributed by atoms with Crippen LogP contribution in [0.25, 0.3) is 11.5 Å². The maximum Gasteiger partial charge on any atom is 0.470 e. The fourth-order valence-electron chi connectivity index (χ4n) is 3.55. The van der Waals surface area contributed by atoms with Crippen molar-refractivity contribution in [2.75, 3.05) is 29.5 Å². The highest BCUT2D eigenvalue weighted by Crippen LogP contribution is 2.31. The number of urea groups is 1. The minimum atomic E-state index is -4.77. The number of alkyl halides is 3. The van der Waals surface area contributed by atoms with E-state index in [0.29, 0.717) is 11.1 Å². The first-order valence-electron chi connectivity index (χ1n) is 10.5. The summed E-state index contributed by atoms with van der Waals surface area (Å²) >= 11 is 0. The number of aromatic nitrogens is 2. The monoisotopic (exact) mass is 512 g/mol. The highest BCUT2D eigenvalue weighted by molar-refractivity contribution is 7.91. The summed E-state index contributed by atoms with van der Waals surface area (Å²) in [4.78, 5) is 15.8. The lowest BCUT2D eigenvalue weighted by molar-refractivity contribution is -0.156. The van der Waals surface area contributed by atoms with Crippen LogP contribution in [-0.4, -0.2) is 54.1 Å². The van der Waals surface area contributed by atoms with Crippen molar-refractivity contribution in [1.29, 1.82) is 0 Å². The molecule has 0 radical (unpaired) electrons. The molecule has 0 aliphatic carbocycles. The quantitative estimate of drug-likeness (QED) is 0.489. The van der Waals surface area contributed by atoms with E-state index < -0.39 is 33.8 Å². The van der Waals surface area contributed by atoms with E-state index in [1.165, 1.54) is 34.1 Å². The van der Waals surface area contributed by atoms with Crippen LogP contribution in [0, 0.1) is 12.7 Å². The minimum Gasteiger partial charge on any atom is -0.413 e. The second-order valence-electron chi connectivity index (χ2n) is 8.07. The highest BCUT2D eigenvalue weighted by atomic mass is 32.2. The van der Waals surface area contributed by atoms with Crippen LogP contribution in [-0.2, 0) is 22.6 Å². The molecule has 1 aromatic heterocycles. The van der Waals surface area contributed by atoms with Crippen LogP contribution in [0.3, 0.4) is 0 Å². The van der Waals surface area contributed by atoms with E-state index in [1.54, 1.807) is 25.1 Å². The zero-order valence-corrected chi connectivity index (χ0v) is 19.2. The van der Waals surface area contributed by atoms with Gasteiger partial charge >= 0.3 is 18.1 Å². The lowest BCUT2D eigenvalue weighted by Crippen LogP contribution is -2.50. The number of sulfone groups is 1. The Hall–Kier alpha value is -3.48. The van der Waals surface area contributed by atoms with Gasteiger partial charge in [0.2, 0.25) is 5.89 Å². The van der Waals surface area contributed by atoms with E-state index >= 15 is 0 Å². The molecule has 1 aliphatic rings. The number of rotatable bonds is 4. The summed E-state index contributed by atoms with van der Waals surface area (Å²) in [5, 5.41) is 6.40. The van der Waals surface area contributed by atoms with Crippen molar-refractivity contribution in [1.82, 2.24) is 15.1 Å². The molecule has 0 unspecified atom stereocenters. The third-order valence-electron chi connectivity index (χ3n) is 5.45. The smallest absolute Gasteiger partial charge is 0.413 e. The van der Waals surface area contributed by atoms with Gasteiger partial charge in [0.05, 0.1) is 23.7 Å². The topological polar surface area (TPSA) is 96.6 Å². The maximum atomic E-state index is 14.8. The molecular weight excluding hydrogens is 492 g/mol. The molecule has 0 bridgehead atoms. The molecule has 1 saturated heterocycles. The number of aryl methyl sites for hydroxylation is 1. The van der Waals surface area contributed by atoms with E-state index in [4.69, 9.17) is 0 Å². The third kappa shape index (κ3) is 5.61. The average molecular weight is 512 g/mol. The van der Waals surface area contributed by atoms with Crippen molar-refractivity contribution in [3.05, 3.63) is 65.3 Å². The van der Waals surface area contributed by atoms with E-state index in [9.17, 15) is 30.8 Å². The zero-order valence-electron chi connectivity index (χ0n) is 18.4. The highest BCUT2D eigenvalue weighted by Gasteiger charge is 2.38. The fraction of sp³-hybridized carbons (Fsp3) is 0.318. The van der Waals surface area contributed by atoms with E-state index in [0.717, 1.165) is 0 Å². The molecule has 0 atom stereocenters.